The first-order valence-electron chi connectivity index (χ1n) is 15.1. The Hall–Kier alpha value is -3.45. The molecule has 4 nitrogen and oxygen atoms in total. The Bertz CT molecular complexity index is 1740. The van der Waals surface area contributed by atoms with Crippen LogP contribution in [0.5, 0.6) is 5.75 Å². The van der Waals surface area contributed by atoms with Crippen LogP contribution in [0.2, 0.25) is 0 Å². The van der Waals surface area contributed by atoms with Crippen molar-refractivity contribution in [3.63, 3.8) is 0 Å². The lowest BCUT2D eigenvalue weighted by molar-refractivity contribution is 0.318. The standard InChI is InChI=1S/C29H30N2O2S2.C9H15Cl/c1-21-12-15-24(16-13-21)34-19-7-18-33-23-14-17-27(31-2)26(20-23)29(30)35(3,32)28-11-6-9-22-8-4-5-10-25(22)28;1-4-8(3)6-7-9(10)5-2/h4-6,8-17,20,30-31H,3,7,18-19H2,1-2H3;5-6H,4,7H2,1-3H3/b;8-6+,9-5+. The van der Waals surface area contributed by atoms with Gasteiger partial charge >= 0.3 is 0 Å². The molecule has 0 amide bonds. The first-order chi connectivity index (χ1) is 21.6. The van der Waals surface area contributed by atoms with Gasteiger partial charge in [0.15, 0.2) is 0 Å². The van der Waals surface area contributed by atoms with Gasteiger partial charge in [0.25, 0.3) is 0 Å². The monoisotopic (exact) mass is 660 g/mol. The minimum Gasteiger partial charge on any atom is -0.494 e. The Labute approximate surface area is 279 Å². The zero-order valence-corrected chi connectivity index (χ0v) is 29.4. The smallest absolute Gasteiger partial charge is 0.124 e. The summed E-state index contributed by atoms with van der Waals surface area (Å²) in [5.41, 5.74) is 3.91. The highest BCUT2D eigenvalue weighted by Crippen LogP contribution is 2.30. The minimum absolute atomic E-state index is 0.0152. The molecule has 0 radical (unpaired) electrons. The number of anilines is 1. The van der Waals surface area contributed by atoms with E-state index in [1.807, 2.05) is 73.3 Å². The molecule has 0 bridgehead atoms. The Morgan fingerprint density at radius 1 is 1.07 bits per heavy atom. The van der Waals surface area contributed by atoms with Gasteiger partial charge in [-0.15, -0.1) is 11.8 Å². The summed E-state index contributed by atoms with van der Waals surface area (Å²) < 4.78 is 19.9. The molecule has 4 aromatic carbocycles. The molecule has 2 N–H and O–H groups in total. The van der Waals surface area contributed by atoms with Crippen LogP contribution in [0.4, 0.5) is 5.69 Å². The predicted molar refractivity (Wildman–Crippen MR) is 201 cm³/mol. The van der Waals surface area contributed by atoms with E-state index >= 15 is 0 Å². The fourth-order valence-corrected chi connectivity index (χ4v) is 6.88. The molecule has 0 saturated heterocycles. The topological polar surface area (TPSA) is 62.2 Å². The number of allylic oxidation sites excluding steroid dienone is 4. The molecular formula is C38H45ClN2O2S2. The second kappa shape index (κ2) is 17.9. The molecule has 4 rings (SSSR count). The number of nitrogens with one attached hydrogen (secondary N) is 2. The molecule has 0 fully saturated rings. The highest BCUT2D eigenvalue weighted by molar-refractivity contribution is 8.14. The van der Waals surface area contributed by atoms with Gasteiger partial charge in [0.2, 0.25) is 0 Å². The van der Waals surface area contributed by atoms with Crippen LogP contribution in [0, 0.1) is 12.3 Å². The summed E-state index contributed by atoms with van der Waals surface area (Å²) in [5, 5.41) is 14.7. The average Bonchev–Trinajstić information content (AvgIpc) is 3.07. The van der Waals surface area contributed by atoms with Crippen LogP contribution in [0.1, 0.15) is 51.2 Å². The third-order valence-corrected chi connectivity index (χ3v) is 10.7. The average molecular weight is 661 g/mol. The third-order valence-electron chi connectivity index (χ3n) is 7.30. The lowest BCUT2D eigenvalue weighted by atomic mass is 10.1. The molecule has 0 aliphatic carbocycles. The van der Waals surface area contributed by atoms with E-state index in [-0.39, 0.29) is 5.04 Å². The van der Waals surface area contributed by atoms with E-state index in [2.05, 4.69) is 62.3 Å². The SMILES string of the molecule is C/C=C(/Cl)C/C=C(\C)CC.C=S(=O)(C(=N)c1cc(OCCCSc2ccc(C)cc2)ccc1NC)c1cccc2ccccc12. The first kappa shape index (κ1) is 36.0. The number of thioether (sulfide) groups is 1. The van der Waals surface area contributed by atoms with Crippen LogP contribution in [-0.2, 0) is 9.52 Å². The van der Waals surface area contributed by atoms with Crippen molar-refractivity contribution in [2.24, 2.45) is 0 Å². The van der Waals surface area contributed by atoms with E-state index in [1.165, 1.54) is 16.0 Å². The van der Waals surface area contributed by atoms with Gasteiger partial charge in [0, 0.05) is 54.8 Å². The number of ether oxygens (including phenoxy) is 1. The van der Waals surface area contributed by atoms with E-state index in [4.69, 9.17) is 21.7 Å². The van der Waals surface area contributed by atoms with E-state index in [1.54, 1.807) is 19.2 Å². The first-order valence-corrected chi connectivity index (χ1v) is 18.2. The highest BCUT2D eigenvalue weighted by Gasteiger charge is 2.21. The Morgan fingerprint density at radius 2 is 1.78 bits per heavy atom. The molecule has 7 heteroatoms. The molecule has 1 unspecified atom stereocenters. The quantitative estimate of drug-likeness (QED) is 0.0396. The van der Waals surface area contributed by atoms with Crippen LogP contribution in [-0.4, -0.2) is 34.5 Å². The van der Waals surface area contributed by atoms with Gasteiger partial charge in [-0.25, -0.2) is 0 Å². The van der Waals surface area contributed by atoms with E-state index < -0.39 is 9.52 Å². The number of benzene rings is 4. The van der Waals surface area contributed by atoms with Crippen molar-refractivity contribution < 1.29 is 8.95 Å². The maximum atomic E-state index is 13.9. The fraction of sp³-hybridized carbons (Fsp3) is 0.263. The summed E-state index contributed by atoms with van der Waals surface area (Å²) >= 11 is 7.59. The van der Waals surface area contributed by atoms with Crippen LogP contribution in [0.25, 0.3) is 10.8 Å². The molecule has 0 aliphatic heterocycles. The van der Waals surface area contributed by atoms with E-state index in [9.17, 15) is 4.21 Å². The molecule has 4 aromatic rings. The Balaban J connectivity index is 0.000000477. The van der Waals surface area contributed by atoms with Crippen molar-refractivity contribution in [3.8, 4) is 5.75 Å². The Kier molecular flexibility index (Phi) is 14.3. The van der Waals surface area contributed by atoms with Crippen molar-refractivity contribution >= 4 is 60.3 Å². The normalized spacial score (nSPS) is 13.0. The lowest BCUT2D eigenvalue weighted by Gasteiger charge is -2.17. The molecule has 1 atom stereocenters. The number of hydrogen-bond donors (Lipinski definition) is 2. The molecule has 0 heterocycles. The summed E-state index contributed by atoms with van der Waals surface area (Å²) in [7, 11) is -1.26. The van der Waals surface area contributed by atoms with Crippen LogP contribution >= 0.6 is 23.4 Å². The maximum absolute atomic E-state index is 13.9. The molecule has 45 heavy (non-hydrogen) atoms. The number of aryl methyl sites for hydroxylation is 1. The second-order valence-corrected chi connectivity index (χ2v) is 14.5. The fourth-order valence-electron chi connectivity index (χ4n) is 4.40. The van der Waals surface area contributed by atoms with Crippen LogP contribution < -0.4 is 10.1 Å². The summed E-state index contributed by atoms with van der Waals surface area (Å²) in [4.78, 5) is 1.82. The lowest BCUT2D eigenvalue weighted by Crippen LogP contribution is -2.17. The summed E-state index contributed by atoms with van der Waals surface area (Å²) in [6, 6.07) is 27.4. The Morgan fingerprint density at radius 3 is 2.47 bits per heavy atom. The zero-order valence-electron chi connectivity index (χ0n) is 27.0. The highest BCUT2D eigenvalue weighted by atomic mass is 35.5. The largest absolute Gasteiger partial charge is 0.494 e. The van der Waals surface area contributed by atoms with Crippen molar-refractivity contribution in [2.75, 3.05) is 24.7 Å². The summed E-state index contributed by atoms with van der Waals surface area (Å²) in [5.74, 6) is 5.63. The molecule has 0 saturated carbocycles. The second-order valence-electron chi connectivity index (χ2n) is 10.6. The number of hydrogen-bond acceptors (Lipinski definition) is 5. The van der Waals surface area contributed by atoms with Gasteiger partial charge in [-0.3, -0.25) is 9.62 Å². The molecule has 0 aliphatic rings. The molecule has 0 spiro atoms. The van der Waals surface area contributed by atoms with E-state index in [0.717, 1.165) is 40.8 Å². The van der Waals surface area contributed by atoms with Crippen molar-refractivity contribution in [1.82, 2.24) is 0 Å². The van der Waals surface area contributed by atoms with Gasteiger partial charge in [-0.2, -0.15) is 0 Å². The minimum atomic E-state index is -3.05. The van der Waals surface area contributed by atoms with Gasteiger partial charge < -0.3 is 10.1 Å². The van der Waals surface area contributed by atoms with Crippen molar-refractivity contribution in [1.29, 1.82) is 5.41 Å². The predicted octanol–water partition coefficient (Wildman–Crippen LogP) is 10.7. The maximum Gasteiger partial charge on any atom is 0.124 e. The van der Waals surface area contributed by atoms with Crippen LogP contribution in [0.3, 0.4) is 0 Å². The number of fused-ring (bicyclic) bond motifs is 1. The van der Waals surface area contributed by atoms with Gasteiger partial charge in [0.05, 0.1) is 6.61 Å². The number of rotatable bonds is 12. The van der Waals surface area contributed by atoms with Crippen molar-refractivity contribution in [3.05, 3.63) is 119 Å². The summed E-state index contributed by atoms with van der Waals surface area (Å²) in [6.07, 6.45) is 7.00. The van der Waals surface area contributed by atoms with Gasteiger partial charge in [-0.05, 0) is 86.7 Å². The number of halogens is 1. The van der Waals surface area contributed by atoms with Crippen LogP contribution in [0.15, 0.2) is 117 Å². The van der Waals surface area contributed by atoms with Gasteiger partial charge in [0.1, 0.15) is 10.8 Å². The molecular weight excluding hydrogens is 616 g/mol. The van der Waals surface area contributed by atoms with E-state index in [0.29, 0.717) is 28.5 Å². The zero-order chi connectivity index (χ0) is 32.8. The molecule has 238 valence electrons. The third kappa shape index (κ3) is 10.6. The van der Waals surface area contributed by atoms with Gasteiger partial charge in [-0.1, -0.05) is 90.3 Å². The summed E-state index contributed by atoms with van der Waals surface area (Å²) in [6.45, 7) is 8.88. The molecule has 0 aromatic heterocycles. The van der Waals surface area contributed by atoms with Crippen molar-refractivity contribution in [2.45, 2.75) is 56.7 Å².